The summed E-state index contributed by atoms with van der Waals surface area (Å²) in [5, 5.41) is 9.16. The van der Waals surface area contributed by atoms with Crippen LogP contribution in [0.2, 0.25) is 0 Å². The second-order valence-electron chi connectivity index (χ2n) is 5.97. The normalized spacial score (nSPS) is 14.5. The van der Waals surface area contributed by atoms with Crippen molar-refractivity contribution in [1.29, 1.82) is 0 Å². The number of ether oxygens (including phenoxy) is 1. The maximum atomic E-state index is 9.16. The highest BCUT2D eigenvalue weighted by Crippen LogP contribution is 2.22. The molecule has 0 atom stereocenters. The van der Waals surface area contributed by atoms with Gasteiger partial charge in [0.2, 0.25) is 0 Å². The van der Waals surface area contributed by atoms with E-state index in [0.717, 1.165) is 37.6 Å². The number of aliphatic hydroxyl groups excluding tert-OH is 1. The predicted molar refractivity (Wildman–Crippen MR) is 97.2 cm³/mol. The van der Waals surface area contributed by atoms with Gasteiger partial charge in [0, 0.05) is 37.6 Å². The number of hydrogen-bond acceptors (Lipinski definition) is 4. The van der Waals surface area contributed by atoms with Crippen molar-refractivity contribution in [2.24, 2.45) is 0 Å². The zero-order chi connectivity index (χ0) is 16.8. The Bertz CT molecular complexity index is 647. The molecule has 126 valence electrons. The van der Waals surface area contributed by atoms with Crippen molar-refractivity contribution in [2.75, 3.05) is 37.7 Å². The lowest BCUT2D eigenvalue weighted by Crippen LogP contribution is -2.46. The number of aliphatic hydroxyl groups is 1. The Morgan fingerprint density at radius 3 is 2.25 bits per heavy atom. The zero-order valence-corrected chi connectivity index (χ0v) is 13.9. The molecule has 1 saturated heterocycles. The fourth-order valence-corrected chi connectivity index (χ4v) is 2.87. The van der Waals surface area contributed by atoms with Crippen molar-refractivity contribution < 1.29 is 9.84 Å². The van der Waals surface area contributed by atoms with Crippen LogP contribution in [0.3, 0.4) is 0 Å². The van der Waals surface area contributed by atoms with Crippen LogP contribution in [0.15, 0.2) is 66.9 Å². The van der Waals surface area contributed by atoms with Crippen LogP contribution >= 0.6 is 0 Å². The van der Waals surface area contributed by atoms with E-state index in [1.807, 2.05) is 30.3 Å². The molecule has 2 aromatic rings. The number of rotatable bonds is 6. The highest BCUT2D eigenvalue weighted by Gasteiger charge is 2.17. The summed E-state index contributed by atoms with van der Waals surface area (Å²) in [5.74, 6) is 0.884. The van der Waals surface area contributed by atoms with Crippen LogP contribution in [0.4, 0.5) is 5.69 Å². The molecular formula is C20H24N2O2. The monoisotopic (exact) mass is 324 g/mol. The van der Waals surface area contributed by atoms with Gasteiger partial charge >= 0.3 is 0 Å². The first-order valence-corrected chi connectivity index (χ1v) is 8.31. The van der Waals surface area contributed by atoms with Crippen LogP contribution in [0.5, 0.6) is 5.75 Å². The number of hydrogen-bond donors (Lipinski definition) is 1. The predicted octanol–water partition coefficient (Wildman–Crippen LogP) is 2.89. The Balaban J connectivity index is 1.52. The van der Waals surface area contributed by atoms with Crippen molar-refractivity contribution in [3.8, 4) is 5.75 Å². The van der Waals surface area contributed by atoms with Crippen LogP contribution < -0.4 is 9.64 Å². The van der Waals surface area contributed by atoms with E-state index < -0.39 is 0 Å². The van der Waals surface area contributed by atoms with Gasteiger partial charge in [0.25, 0.3) is 0 Å². The van der Waals surface area contributed by atoms with Crippen LogP contribution in [0.1, 0.15) is 5.56 Å². The quantitative estimate of drug-likeness (QED) is 0.886. The molecule has 0 bridgehead atoms. The lowest BCUT2D eigenvalue weighted by molar-refractivity contribution is 0.244. The highest BCUT2D eigenvalue weighted by molar-refractivity contribution is 5.49. The van der Waals surface area contributed by atoms with E-state index in [1.54, 1.807) is 0 Å². The van der Waals surface area contributed by atoms with Crippen LogP contribution in [0.25, 0.3) is 0 Å². The fourth-order valence-electron chi connectivity index (χ4n) is 2.87. The van der Waals surface area contributed by atoms with Gasteiger partial charge in [-0.1, -0.05) is 36.9 Å². The van der Waals surface area contributed by atoms with E-state index in [1.165, 1.54) is 11.3 Å². The molecule has 0 aromatic heterocycles. The smallest absolute Gasteiger partial charge is 0.119 e. The topological polar surface area (TPSA) is 35.9 Å². The molecule has 0 unspecified atom stereocenters. The third-order valence-corrected chi connectivity index (χ3v) is 4.36. The standard InChI is InChI=1S/C20H24N2O2/c1-17(15-23)21-11-13-22(14-12-21)19-7-9-20(10-8-19)24-16-18-5-3-2-4-6-18/h2-10,23H,1,11-16H2. The van der Waals surface area contributed by atoms with E-state index in [2.05, 4.69) is 40.6 Å². The molecule has 1 N–H and O–H groups in total. The van der Waals surface area contributed by atoms with E-state index in [4.69, 9.17) is 9.84 Å². The van der Waals surface area contributed by atoms with Gasteiger partial charge in [0.05, 0.1) is 6.61 Å². The van der Waals surface area contributed by atoms with Crippen molar-refractivity contribution >= 4 is 5.69 Å². The average Bonchev–Trinajstić information content (AvgIpc) is 2.67. The van der Waals surface area contributed by atoms with Crippen molar-refractivity contribution in [1.82, 2.24) is 4.90 Å². The van der Waals surface area contributed by atoms with Crippen molar-refractivity contribution in [3.63, 3.8) is 0 Å². The summed E-state index contributed by atoms with van der Waals surface area (Å²) in [6.07, 6.45) is 0. The van der Waals surface area contributed by atoms with E-state index in [9.17, 15) is 0 Å². The summed E-state index contributed by atoms with van der Waals surface area (Å²) in [6, 6.07) is 18.4. The molecule has 1 aliphatic rings. The van der Waals surface area contributed by atoms with Crippen LogP contribution in [0, 0.1) is 0 Å². The molecule has 4 nitrogen and oxygen atoms in total. The van der Waals surface area contributed by atoms with Gasteiger partial charge in [0.15, 0.2) is 0 Å². The summed E-state index contributed by atoms with van der Waals surface area (Å²) in [4.78, 5) is 4.50. The second kappa shape index (κ2) is 7.88. The minimum absolute atomic E-state index is 0.0352. The first kappa shape index (κ1) is 16.4. The summed E-state index contributed by atoms with van der Waals surface area (Å²) < 4.78 is 5.83. The Kier molecular flexibility index (Phi) is 5.39. The molecule has 2 aromatic carbocycles. The average molecular weight is 324 g/mol. The maximum Gasteiger partial charge on any atom is 0.119 e. The molecule has 0 aliphatic carbocycles. The molecule has 1 aliphatic heterocycles. The summed E-state index contributed by atoms with van der Waals surface area (Å²) in [7, 11) is 0. The third-order valence-electron chi connectivity index (χ3n) is 4.36. The van der Waals surface area contributed by atoms with E-state index >= 15 is 0 Å². The molecule has 24 heavy (non-hydrogen) atoms. The summed E-state index contributed by atoms with van der Waals surface area (Å²) in [6.45, 7) is 8.17. The summed E-state index contributed by atoms with van der Waals surface area (Å²) >= 11 is 0. The van der Waals surface area contributed by atoms with E-state index in [0.29, 0.717) is 6.61 Å². The maximum absolute atomic E-state index is 9.16. The van der Waals surface area contributed by atoms with Crippen LogP contribution in [-0.2, 0) is 6.61 Å². The first-order valence-electron chi connectivity index (χ1n) is 8.31. The SMILES string of the molecule is C=C(CO)N1CCN(c2ccc(OCc3ccccc3)cc2)CC1. The number of nitrogens with zero attached hydrogens (tertiary/aromatic N) is 2. The van der Waals surface area contributed by atoms with Crippen molar-refractivity contribution in [2.45, 2.75) is 6.61 Å². The molecule has 1 fully saturated rings. The minimum atomic E-state index is 0.0352. The second-order valence-corrected chi connectivity index (χ2v) is 5.97. The molecule has 3 rings (SSSR count). The zero-order valence-electron chi connectivity index (χ0n) is 13.9. The highest BCUT2D eigenvalue weighted by atomic mass is 16.5. The number of piperazine rings is 1. The minimum Gasteiger partial charge on any atom is -0.489 e. The molecule has 0 amide bonds. The van der Waals surface area contributed by atoms with Crippen molar-refractivity contribution in [3.05, 3.63) is 72.4 Å². The van der Waals surface area contributed by atoms with Gasteiger partial charge in [-0.05, 0) is 29.8 Å². The molecular weight excluding hydrogens is 300 g/mol. The Labute approximate surface area is 143 Å². The number of benzene rings is 2. The molecule has 0 saturated carbocycles. The van der Waals surface area contributed by atoms with E-state index in [-0.39, 0.29) is 6.61 Å². The first-order chi connectivity index (χ1) is 11.8. The Hall–Kier alpha value is -2.46. The summed E-state index contributed by atoms with van der Waals surface area (Å²) in [5.41, 5.74) is 3.18. The molecule has 1 heterocycles. The number of anilines is 1. The lowest BCUT2D eigenvalue weighted by Gasteiger charge is -2.37. The lowest BCUT2D eigenvalue weighted by atomic mass is 10.2. The van der Waals surface area contributed by atoms with Gasteiger partial charge in [-0.2, -0.15) is 0 Å². The largest absolute Gasteiger partial charge is 0.489 e. The molecule has 4 heteroatoms. The fraction of sp³-hybridized carbons (Fsp3) is 0.300. The van der Waals surface area contributed by atoms with Gasteiger partial charge in [-0.3, -0.25) is 0 Å². The Morgan fingerprint density at radius 2 is 1.62 bits per heavy atom. The third kappa shape index (κ3) is 4.09. The van der Waals surface area contributed by atoms with Crippen LogP contribution in [-0.4, -0.2) is 42.8 Å². The Morgan fingerprint density at radius 1 is 0.958 bits per heavy atom. The van der Waals surface area contributed by atoms with Gasteiger partial charge in [0.1, 0.15) is 12.4 Å². The van der Waals surface area contributed by atoms with Gasteiger partial charge in [-0.15, -0.1) is 0 Å². The molecule has 0 radical (unpaired) electrons. The molecule has 0 spiro atoms. The van der Waals surface area contributed by atoms with Gasteiger partial charge in [-0.25, -0.2) is 0 Å². The van der Waals surface area contributed by atoms with Gasteiger partial charge < -0.3 is 19.6 Å².